The molecule has 4 aromatic rings. The first-order valence-corrected chi connectivity index (χ1v) is 9.53. The van der Waals surface area contributed by atoms with Gasteiger partial charge in [0.2, 0.25) is 11.6 Å². The summed E-state index contributed by atoms with van der Waals surface area (Å²) in [7, 11) is 0. The summed E-state index contributed by atoms with van der Waals surface area (Å²) in [6, 6.07) is 17.5. The molecular formula is C22H20N6O2. The average Bonchev–Trinajstić information content (AvgIpc) is 2.76. The molecule has 0 aliphatic heterocycles. The van der Waals surface area contributed by atoms with Gasteiger partial charge in [-0.25, -0.2) is 15.0 Å². The highest BCUT2D eigenvalue weighted by Gasteiger charge is 2.28. The molecular weight excluding hydrogens is 380 g/mol. The largest absolute Gasteiger partial charge is 0.354 e. The number of fused-ring (bicyclic) bond motifs is 1. The Morgan fingerprint density at radius 2 is 1.80 bits per heavy atom. The van der Waals surface area contributed by atoms with E-state index in [9.17, 15) is 10.1 Å². The minimum Gasteiger partial charge on any atom is -0.320 e. The lowest BCUT2D eigenvalue weighted by Gasteiger charge is -2.24. The Kier molecular flexibility index (Phi) is 5.21. The molecule has 0 fully saturated rings. The van der Waals surface area contributed by atoms with Gasteiger partial charge < -0.3 is 10.2 Å². The Labute approximate surface area is 173 Å². The fraction of sp³-hybridized carbons (Fsp3) is 0.136. The molecule has 2 aromatic carbocycles. The highest BCUT2D eigenvalue weighted by atomic mass is 16.6. The van der Waals surface area contributed by atoms with Crippen LogP contribution >= 0.6 is 0 Å². The second-order valence-electron chi connectivity index (χ2n) is 6.69. The first-order valence-electron chi connectivity index (χ1n) is 9.53. The molecule has 0 aliphatic carbocycles. The van der Waals surface area contributed by atoms with Gasteiger partial charge in [0.1, 0.15) is 12.1 Å². The van der Waals surface area contributed by atoms with Gasteiger partial charge in [0, 0.05) is 18.1 Å². The molecule has 0 bridgehead atoms. The number of nitrogens with zero attached hydrogens (tertiary/aromatic N) is 5. The molecule has 8 nitrogen and oxygen atoms in total. The maximum Gasteiger partial charge on any atom is 0.354 e. The Morgan fingerprint density at radius 1 is 1.00 bits per heavy atom. The van der Waals surface area contributed by atoms with Crippen molar-refractivity contribution in [2.24, 2.45) is 0 Å². The molecule has 0 unspecified atom stereocenters. The Balaban J connectivity index is 1.87. The van der Waals surface area contributed by atoms with Gasteiger partial charge in [-0.2, -0.15) is 0 Å². The molecule has 0 spiro atoms. The van der Waals surface area contributed by atoms with Crippen LogP contribution in [0.25, 0.3) is 10.8 Å². The summed E-state index contributed by atoms with van der Waals surface area (Å²) in [5.41, 5.74) is 1.50. The van der Waals surface area contributed by atoms with Gasteiger partial charge in [-0.3, -0.25) is 10.1 Å². The van der Waals surface area contributed by atoms with Crippen LogP contribution in [0.1, 0.15) is 12.5 Å². The van der Waals surface area contributed by atoms with Crippen molar-refractivity contribution in [2.75, 3.05) is 16.8 Å². The molecule has 0 atom stereocenters. The molecule has 4 rings (SSSR count). The summed E-state index contributed by atoms with van der Waals surface area (Å²) in [6.07, 6.45) is 2.95. The van der Waals surface area contributed by atoms with Gasteiger partial charge in [-0.1, -0.05) is 42.5 Å². The van der Waals surface area contributed by atoms with Crippen molar-refractivity contribution in [3.8, 4) is 0 Å². The zero-order chi connectivity index (χ0) is 21.1. The number of nitrogens with one attached hydrogen (secondary N) is 1. The van der Waals surface area contributed by atoms with E-state index in [1.54, 1.807) is 12.3 Å². The quantitative estimate of drug-likeness (QED) is 0.353. The van der Waals surface area contributed by atoms with Crippen molar-refractivity contribution in [1.82, 2.24) is 15.0 Å². The number of benzene rings is 2. The van der Waals surface area contributed by atoms with Crippen molar-refractivity contribution in [1.29, 1.82) is 0 Å². The van der Waals surface area contributed by atoms with Crippen molar-refractivity contribution < 1.29 is 4.92 Å². The maximum atomic E-state index is 12.1. The van der Waals surface area contributed by atoms with E-state index in [-0.39, 0.29) is 17.3 Å². The number of hydrogen-bond donors (Lipinski definition) is 1. The summed E-state index contributed by atoms with van der Waals surface area (Å²) in [5, 5.41) is 17.1. The normalized spacial score (nSPS) is 10.7. The molecule has 150 valence electrons. The molecule has 1 N–H and O–H groups in total. The highest BCUT2D eigenvalue weighted by Crippen LogP contribution is 2.39. The second-order valence-corrected chi connectivity index (χ2v) is 6.69. The highest BCUT2D eigenvalue weighted by molar-refractivity contribution is 5.96. The second kappa shape index (κ2) is 8.12. The van der Waals surface area contributed by atoms with Crippen LogP contribution in [0.3, 0.4) is 0 Å². The number of hydrogen-bond acceptors (Lipinski definition) is 7. The van der Waals surface area contributed by atoms with Crippen LogP contribution in [0.2, 0.25) is 0 Å². The van der Waals surface area contributed by atoms with E-state index < -0.39 is 4.92 Å². The van der Waals surface area contributed by atoms with Crippen molar-refractivity contribution >= 4 is 39.6 Å². The van der Waals surface area contributed by atoms with Crippen LogP contribution in [-0.4, -0.2) is 26.4 Å². The minimum absolute atomic E-state index is 0.102. The van der Waals surface area contributed by atoms with Gasteiger partial charge in [0.25, 0.3) is 0 Å². The smallest absolute Gasteiger partial charge is 0.320 e. The van der Waals surface area contributed by atoms with Crippen LogP contribution < -0.4 is 10.2 Å². The lowest BCUT2D eigenvalue weighted by Crippen LogP contribution is -2.20. The van der Waals surface area contributed by atoms with Gasteiger partial charge in [0.15, 0.2) is 0 Å². The molecule has 0 saturated heterocycles. The van der Waals surface area contributed by atoms with E-state index >= 15 is 0 Å². The maximum absolute atomic E-state index is 12.1. The Morgan fingerprint density at radius 3 is 2.57 bits per heavy atom. The van der Waals surface area contributed by atoms with Crippen molar-refractivity contribution in [3.63, 3.8) is 0 Å². The topological polar surface area (TPSA) is 97.1 Å². The van der Waals surface area contributed by atoms with E-state index in [1.165, 1.54) is 6.33 Å². The van der Waals surface area contributed by atoms with Gasteiger partial charge in [-0.05, 0) is 36.9 Å². The monoisotopic (exact) mass is 400 g/mol. The first-order chi connectivity index (χ1) is 14.6. The third-order valence-corrected chi connectivity index (χ3v) is 4.86. The predicted molar refractivity (Wildman–Crippen MR) is 118 cm³/mol. The number of aromatic nitrogens is 3. The molecule has 2 aromatic heterocycles. The summed E-state index contributed by atoms with van der Waals surface area (Å²) < 4.78 is 0. The number of nitro groups is 1. The van der Waals surface area contributed by atoms with Crippen LogP contribution in [0, 0.1) is 17.0 Å². The van der Waals surface area contributed by atoms with Gasteiger partial charge in [0.05, 0.1) is 10.6 Å². The molecule has 0 aliphatic rings. The van der Waals surface area contributed by atoms with E-state index in [1.807, 2.05) is 67.3 Å². The van der Waals surface area contributed by atoms with E-state index in [0.717, 1.165) is 22.0 Å². The van der Waals surface area contributed by atoms with Gasteiger partial charge in [-0.15, -0.1) is 0 Å². The molecule has 30 heavy (non-hydrogen) atoms. The summed E-state index contributed by atoms with van der Waals surface area (Å²) >= 11 is 0. The third kappa shape index (κ3) is 3.50. The fourth-order valence-corrected chi connectivity index (χ4v) is 3.43. The number of rotatable bonds is 6. The Hall–Kier alpha value is -4.07. The lowest BCUT2D eigenvalue weighted by atomic mass is 10.1. The molecule has 0 amide bonds. The van der Waals surface area contributed by atoms with Crippen molar-refractivity contribution in [3.05, 3.63) is 82.8 Å². The van der Waals surface area contributed by atoms with Crippen LogP contribution in [0.4, 0.5) is 28.8 Å². The number of anilines is 4. The molecule has 0 radical (unpaired) electrons. The number of aryl methyl sites for hydroxylation is 1. The number of pyridine rings is 1. The first kappa shape index (κ1) is 19.3. The zero-order valence-electron chi connectivity index (χ0n) is 16.6. The summed E-state index contributed by atoms with van der Waals surface area (Å²) in [6.45, 7) is 4.30. The van der Waals surface area contributed by atoms with E-state index in [4.69, 9.17) is 0 Å². The minimum atomic E-state index is -0.455. The molecule has 8 heteroatoms. The van der Waals surface area contributed by atoms with Crippen LogP contribution in [0.15, 0.2) is 67.1 Å². The molecule has 0 saturated carbocycles. The zero-order valence-corrected chi connectivity index (χ0v) is 16.6. The van der Waals surface area contributed by atoms with E-state index in [0.29, 0.717) is 12.4 Å². The fourth-order valence-electron chi connectivity index (χ4n) is 3.43. The third-order valence-electron chi connectivity index (χ3n) is 4.86. The van der Waals surface area contributed by atoms with E-state index in [2.05, 4.69) is 20.3 Å². The summed E-state index contributed by atoms with van der Waals surface area (Å²) in [5.74, 6) is 0.842. The lowest BCUT2D eigenvalue weighted by molar-refractivity contribution is -0.383. The SMILES string of the molecule is CCN(c1ncnc(Nc2ncccc2C)c1[N+](=O)[O-])c1cccc2ccccc12. The Bertz CT molecular complexity index is 1220. The molecule has 2 heterocycles. The van der Waals surface area contributed by atoms with Crippen LogP contribution in [0.5, 0.6) is 0 Å². The van der Waals surface area contributed by atoms with Gasteiger partial charge >= 0.3 is 5.69 Å². The predicted octanol–water partition coefficient (Wildman–Crippen LogP) is 5.14. The summed E-state index contributed by atoms with van der Waals surface area (Å²) in [4.78, 5) is 26.1. The average molecular weight is 400 g/mol. The van der Waals surface area contributed by atoms with Crippen LogP contribution in [-0.2, 0) is 0 Å². The van der Waals surface area contributed by atoms with Crippen molar-refractivity contribution in [2.45, 2.75) is 13.8 Å². The standard InChI is InChI=1S/C22H20N6O2/c1-3-27(18-12-6-10-16-9-4-5-11-17(16)18)22-19(28(29)30)21(24-14-25-22)26-20-15(2)8-7-13-23-20/h4-14H,3H2,1-2H3,(H,23,24,25,26).